The fourth-order valence-corrected chi connectivity index (χ4v) is 0.633. The molecule has 0 aromatic heterocycles. The zero-order valence-corrected chi connectivity index (χ0v) is 8.03. The second-order valence-electron chi connectivity index (χ2n) is 2.99. The van der Waals surface area contributed by atoms with E-state index in [0.29, 0.717) is 0 Å². The Morgan fingerprint density at radius 3 is 2.46 bits per heavy atom. The molecule has 0 aromatic carbocycles. The maximum atomic E-state index is 10.8. The molecule has 72 valence electrons. The largest absolute Gasteiger partial charge is 0.384 e. The Bertz CT molecular complexity index is 251. The molecule has 5 nitrogen and oxygen atoms in total. The summed E-state index contributed by atoms with van der Waals surface area (Å²) in [4.78, 5) is 10.8. The second-order valence-corrected chi connectivity index (χ2v) is 2.99. The maximum Gasteiger partial charge on any atom is 0.163 e. The molecule has 0 bridgehead atoms. The van der Waals surface area contributed by atoms with Crippen LogP contribution in [0.4, 0.5) is 0 Å². The molecule has 0 aliphatic heterocycles. The summed E-state index contributed by atoms with van der Waals surface area (Å²) in [6, 6.07) is 1.91. The van der Waals surface area contributed by atoms with Gasteiger partial charge in [-0.15, -0.1) is 0 Å². The van der Waals surface area contributed by atoms with Gasteiger partial charge in [0.1, 0.15) is 5.84 Å². The predicted molar refractivity (Wildman–Crippen MR) is 49.7 cm³/mol. The molecular weight excluding hydrogens is 168 g/mol. The highest BCUT2D eigenvalue weighted by atomic mass is 16.1. The first-order valence-electron chi connectivity index (χ1n) is 3.97. The van der Waals surface area contributed by atoms with E-state index in [2.05, 4.69) is 10.5 Å². The molecule has 0 rings (SSSR count). The van der Waals surface area contributed by atoms with Crippen LogP contribution >= 0.6 is 0 Å². The van der Waals surface area contributed by atoms with Crippen LogP contribution in [0.2, 0.25) is 0 Å². The van der Waals surface area contributed by atoms with Crippen LogP contribution in [0.5, 0.6) is 0 Å². The number of nitriles is 1. The Balaban J connectivity index is 4.39. The van der Waals surface area contributed by atoms with Gasteiger partial charge in [0, 0.05) is 6.04 Å². The lowest BCUT2D eigenvalue weighted by molar-refractivity contribution is -0.117. The first kappa shape index (κ1) is 11.4. The molecule has 1 unspecified atom stereocenters. The van der Waals surface area contributed by atoms with E-state index in [9.17, 15) is 4.79 Å². The number of hydrogen-bond acceptors (Lipinski definition) is 4. The molecule has 0 amide bonds. The van der Waals surface area contributed by atoms with Crippen LogP contribution in [0.1, 0.15) is 20.8 Å². The zero-order valence-electron chi connectivity index (χ0n) is 8.03. The SMILES string of the molecule is CC(=O)C(C#N)/C(N)=N/NC(C)C. The lowest BCUT2D eigenvalue weighted by atomic mass is 10.1. The van der Waals surface area contributed by atoms with Crippen molar-refractivity contribution in [2.24, 2.45) is 16.8 Å². The maximum absolute atomic E-state index is 10.8. The first-order chi connectivity index (χ1) is 5.99. The molecule has 3 N–H and O–H groups in total. The monoisotopic (exact) mass is 182 g/mol. The number of nitrogens with zero attached hydrogens (tertiary/aromatic N) is 2. The molecule has 0 fully saturated rings. The highest BCUT2D eigenvalue weighted by molar-refractivity contribution is 6.04. The number of nitrogens with one attached hydrogen (secondary N) is 1. The second kappa shape index (κ2) is 5.14. The van der Waals surface area contributed by atoms with Gasteiger partial charge in [0.2, 0.25) is 0 Å². The summed E-state index contributed by atoms with van der Waals surface area (Å²) in [5.74, 6) is -1.22. The van der Waals surface area contributed by atoms with Crippen LogP contribution in [0.25, 0.3) is 0 Å². The quantitative estimate of drug-likeness (QED) is 0.363. The lowest BCUT2D eigenvalue weighted by Crippen LogP contribution is -2.31. The van der Waals surface area contributed by atoms with E-state index >= 15 is 0 Å². The predicted octanol–water partition coefficient (Wildman–Crippen LogP) is -0.0146. The Hall–Kier alpha value is -1.57. The van der Waals surface area contributed by atoms with Crippen LogP contribution in [0, 0.1) is 17.2 Å². The average Bonchev–Trinajstić information content (AvgIpc) is 2.01. The lowest BCUT2D eigenvalue weighted by Gasteiger charge is -2.07. The van der Waals surface area contributed by atoms with Crippen LogP contribution in [-0.2, 0) is 4.79 Å². The first-order valence-corrected chi connectivity index (χ1v) is 3.97. The highest BCUT2D eigenvalue weighted by Crippen LogP contribution is 1.95. The minimum absolute atomic E-state index is 0.0173. The number of nitrogens with two attached hydrogens (primary N) is 1. The van der Waals surface area contributed by atoms with Crippen molar-refractivity contribution in [1.82, 2.24) is 5.43 Å². The summed E-state index contributed by atoms with van der Waals surface area (Å²) in [5.41, 5.74) is 8.10. The van der Waals surface area contributed by atoms with Crippen LogP contribution < -0.4 is 11.2 Å². The van der Waals surface area contributed by atoms with Crippen molar-refractivity contribution in [2.75, 3.05) is 0 Å². The average molecular weight is 182 g/mol. The number of rotatable bonds is 4. The van der Waals surface area contributed by atoms with Gasteiger partial charge in [0.15, 0.2) is 11.7 Å². The Morgan fingerprint density at radius 2 is 2.15 bits per heavy atom. The van der Waals surface area contributed by atoms with Crippen molar-refractivity contribution in [3.63, 3.8) is 0 Å². The molecule has 5 heteroatoms. The standard InChI is InChI=1S/C8H14N4O/c1-5(2)11-12-8(10)7(4-9)6(3)13/h5,7,11H,1-3H3,(H2,10,12). The third kappa shape index (κ3) is 4.11. The molecule has 0 saturated carbocycles. The van der Waals surface area contributed by atoms with Crippen molar-refractivity contribution < 1.29 is 4.79 Å². The number of Topliss-reactive ketones (excluding diaryl/α,β-unsaturated/α-hetero) is 1. The van der Waals surface area contributed by atoms with Gasteiger partial charge in [-0.25, -0.2) is 0 Å². The minimum atomic E-state index is -0.939. The van der Waals surface area contributed by atoms with Crippen molar-refractivity contribution in [2.45, 2.75) is 26.8 Å². The number of ketones is 1. The van der Waals surface area contributed by atoms with E-state index in [1.54, 1.807) is 6.07 Å². The number of carbonyl (C=O) groups is 1. The van der Waals surface area contributed by atoms with Crippen molar-refractivity contribution >= 4 is 11.6 Å². The normalized spacial score (nSPS) is 13.6. The minimum Gasteiger partial charge on any atom is -0.384 e. The van der Waals surface area contributed by atoms with Crippen molar-refractivity contribution in [3.8, 4) is 6.07 Å². The molecule has 0 aliphatic rings. The molecule has 0 saturated heterocycles. The van der Waals surface area contributed by atoms with E-state index in [1.165, 1.54) is 6.92 Å². The Labute approximate surface area is 77.6 Å². The van der Waals surface area contributed by atoms with Gasteiger partial charge in [-0.3, -0.25) is 4.79 Å². The van der Waals surface area contributed by atoms with Gasteiger partial charge in [-0.2, -0.15) is 10.4 Å². The third-order valence-corrected chi connectivity index (χ3v) is 1.28. The molecule has 0 aromatic rings. The molecule has 0 radical (unpaired) electrons. The summed E-state index contributed by atoms with van der Waals surface area (Å²) in [7, 11) is 0. The summed E-state index contributed by atoms with van der Waals surface area (Å²) in [6.45, 7) is 5.07. The number of hydrazone groups is 1. The van der Waals surface area contributed by atoms with E-state index in [1.807, 2.05) is 13.8 Å². The van der Waals surface area contributed by atoms with E-state index in [4.69, 9.17) is 11.0 Å². The Morgan fingerprint density at radius 1 is 1.62 bits per heavy atom. The van der Waals surface area contributed by atoms with Crippen LogP contribution in [-0.4, -0.2) is 17.7 Å². The number of hydrogen-bond donors (Lipinski definition) is 2. The van der Waals surface area contributed by atoms with E-state index in [0.717, 1.165) is 0 Å². The fourth-order valence-electron chi connectivity index (χ4n) is 0.633. The highest BCUT2D eigenvalue weighted by Gasteiger charge is 2.17. The molecule has 1 atom stereocenters. The van der Waals surface area contributed by atoms with Gasteiger partial charge in [-0.05, 0) is 20.8 Å². The molecule has 0 heterocycles. The molecule has 0 aliphatic carbocycles. The summed E-state index contributed by atoms with van der Waals surface area (Å²) in [5, 5.41) is 12.3. The summed E-state index contributed by atoms with van der Waals surface area (Å²) in [6.07, 6.45) is 0. The van der Waals surface area contributed by atoms with Gasteiger partial charge < -0.3 is 11.2 Å². The van der Waals surface area contributed by atoms with Crippen molar-refractivity contribution in [3.05, 3.63) is 0 Å². The fraction of sp³-hybridized carbons (Fsp3) is 0.625. The summed E-state index contributed by atoms with van der Waals surface area (Å²) < 4.78 is 0. The molecular formula is C8H14N4O. The summed E-state index contributed by atoms with van der Waals surface area (Å²) >= 11 is 0. The number of carbonyl (C=O) groups excluding carboxylic acids is 1. The molecule has 0 spiro atoms. The van der Waals surface area contributed by atoms with Crippen LogP contribution in [0.3, 0.4) is 0 Å². The van der Waals surface area contributed by atoms with E-state index < -0.39 is 5.92 Å². The Kier molecular flexibility index (Phi) is 4.52. The third-order valence-electron chi connectivity index (χ3n) is 1.28. The number of amidine groups is 1. The van der Waals surface area contributed by atoms with Gasteiger partial charge in [-0.1, -0.05) is 0 Å². The zero-order chi connectivity index (χ0) is 10.4. The van der Waals surface area contributed by atoms with Gasteiger partial charge in [0.05, 0.1) is 6.07 Å². The van der Waals surface area contributed by atoms with Gasteiger partial charge in [0.25, 0.3) is 0 Å². The van der Waals surface area contributed by atoms with Crippen molar-refractivity contribution in [1.29, 1.82) is 5.26 Å². The topological polar surface area (TPSA) is 91.3 Å². The smallest absolute Gasteiger partial charge is 0.163 e. The molecule has 13 heavy (non-hydrogen) atoms. The van der Waals surface area contributed by atoms with E-state index in [-0.39, 0.29) is 17.7 Å². The van der Waals surface area contributed by atoms with Gasteiger partial charge >= 0.3 is 0 Å². The van der Waals surface area contributed by atoms with Crippen LogP contribution in [0.15, 0.2) is 5.10 Å².